The molecule has 0 aliphatic carbocycles. The second-order valence-electron chi connectivity index (χ2n) is 5.24. The van der Waals surface area contributed by atoms with E-state index in [1.165, 1.54) is 16.8 Å². The fourth-order valence-electron chi connectivity index (χ4n) is 2.76. The maximum Gasteiger partial charge on any atom is 0.0698 e. The topological polar surface area (TPSA) is 44.7 Å². The molecule has 4 heteroatoms. The Morgan fingerprint density at radius 3 is 3.00 bits per heavy atom. The number of nitrogens with one attached hydrogen (secondary N) is 1. The van der Waals surface area contributed by atoms with Gasteiger partial charge in [0.2, 0.25) is 0 Å². The first-order valence-electron chi connectivity index (χ1n) is 7.56. The first kappa shape index (κ1) is 15.3. The minimum Gasteiger partial charge on any atom is -0.394 e. The summed E-state index contributed by atoms with van der Waals surface area (Å²) in [6, 6.07) is 7.20. The average molecular weight is 278 g/mol. The Kier molecular flexibility index (Phi) is 5.83. The molecule has 0 amide bonds. The number of benzene rings is 1. The van der Waals surface area contributed by atoms with Crippen molar-refractivity contribution in [2.45, 2.75) is 26.3 Å². The SMILES string of the molecule is CCNC(C)c1ccc2c(c1)CCN2CCOCCO. The van der Waals surface area contributed by atoms with Crippen LogP contribution in [0.25, 0.3) is 0 Å². The highest BCUT2D eigenvalue weighted by molar-refractivity contribution is 5.59. The average Bonchev–Trinajstić information content (AvgIpc) is 2.86. The van der Waals surface area contributed by atoms with E-state index in [2.05, 4.69) is 42.3 Å². The van der Waals surface area contributed by atoms with Gasteiger partial charge < -0.3 is 20.1 Å². The number of aliphatic hydroxyl groups excluding tert-OH is 1. The van der Waals surface area contributed by atoms with Gasteiger partial charge in [0.25, 0.3) is 0 Å². The summed E-state index contributed by atoms with van der Waals surface area (Å²) in [6.07, 6.45) is 1.11. The summed E-state index contributed by atoms with van der Waals surface area (Å²) in [5, 5.41) is 12.2. The molecular formula is C16H26N2O2. The van der Waals surface area contributed by atoms with E-state index in [-0.39, 0.29) is 6.61 Å². The van der Waals surface area contributed by atoms with E-state index in [0.717, 1.165) is 26.1 Å². The van der Waals surface area contributed by atoms with E-state index >= 15 is 0 Å². The summed E-state index contributed by atoms with van der Waals surface area (Å²) in [4.78, 5) is 2.37. The lowest BCUT2D eigenvalue weighted by atomic mass is 10.0. The van der Waals surface area contributed by atoms with Gasteiger partial charge in [0.05, 0.1) is 19.8 Å². The molecule has 0 spiro atoms. The molecule has 0 aromatic heterocycles. The Bertz CT molecular complexity index is 423. The van der Waals surface area contributed by atoms with Crippen LogP contribution in [0.4, 0.5) is 5.69 Å². The molecule has 1 aromatic carbocycles. The lowest BCUT2D eigenvalue weighted by Gasteiger charge is -2.20. The molecule has 112 valence electrons. The van der Waals surface area contributed by atoms with Crippen LogP contribution >= 0.6 is 0 Å². The molecule has 1 heterocycles. The highest BCUT2D eigenvalue weighted by Crippen LogP contribution is 2.30. The van der Waals surface area contributed by atoms with Gasteiger partial charge in [-0.05, 0) is 37.1 Å². The molecule has 0 saturated heterocycles. The van der Waals surface area contributed by atoms with Crippen molar-refractivity contribution in [3.63, 3.8) is 0 Å². The van der Waals surface area contributed by atoms with Crippen LogP contribution in [0.15, 0.2) is 18.2 Å². The van der Waals surface area contributed by atoms with Crippen LogP contribution in [0.3, 0.4) is 0 Å². The Hall–Kier alpha value is -1.10. The molecule has 0 bridgehead atoms. The third kappa shape index (κ3) is 3.72. The van der Waals surface area contributed by atoms with Gasteiger partial charge in [0, 0.05) is 24.8 Å². The fourth-order valence-corrected chi connectivity index (χ4v) is 2.76. The zero-order chi connectivity index (χ0) is 14.4. The van der Waals surface area contributed by atoms with Crippen molar-refractivity contribution in [2.75, 3.05) is 44.4 Å². The highest BCUT2D eigenvalue weighted by Gasteiger charge is 2.19. The lowest BCUT2D eigenvalue weighted by molar-refractivity contribution is 0.0968. The summed E-state index contributed by atoms with van der Waals surface area (Å²) in [5.74, 6) is 0. The van der Waals surface area contributed by atoms with Crippen LogP contribution in [-0.2, 0) is 11.2 Å². The molecule has 0 radical (unpaired) electrons. The van der Waals surface area contributed by atoms with Crippen LogP contribution in [-0.4, -0.2) is 44.6 Å². The largest absolute Gasteiger partial charge is 0.394 e. The molecule has 20 heavy (non-hydrogen) atoms. The Labute approximate surface area is 121 Å². The number of hydrogen-bond acceptors (Lipinski definition) is 4. The van der Waals surface area contributed by atoms with Crippen LogP contribution in [0.5, 0.6) is 0 Å². The fraction of sp³-hybridized carbons (Fsp3) is 0.625. The quantitative estimate of drug-likeness (QED) is 0.711. The van der Waals surface area contributed by atoms with Crippen LogP contribution in [0.1, 0.15) is 31.0 Å². The monoisotopic (exact) mass is 278 g/mol. The lowest BCUT2D eigenvalue weighted by Crippen LogP contribution is -2.25. The van der Waals surface area contributed by atoms with Crippen molar-refractivity contribution < 1.29 is 9.84 Å². The standard InChI is InChI=1S/C16H26N2O2/c1-3-17-13(2)14-4-5-16-15(12-14)6-7-18(16)8-10-20-11-9-19/h4-5,12-13,17,19H,3,6-11H2,1-2H3. The van der Waals surface area contributed by atoms with Gasteiger partial charge in [-0.25, -0.2) is 0 Å². The van der Waals surface area contributed by atoms with Crippen molar-refractivity contribution in [3.8, 4) is 0 Å². The number of aliphatic hydroxyl groups is 1. The molecule has 0 saturated carbocycles. The minimum atomic E-state index is 0.0995. The number of nitrogens with zero attached hydrogens (tertiary/aromatic N) is 1. The number of fused-ring (bicyclic) bond motifs is 1. The van der Waals surface area contributed by atoms with E-state index in [1.807, 2.05) is 0 Å². The Morgan fingerprint density at radius 2 is 2.25 bits per heavy atom. The first-order chi connectivity index (χ1) is 9.76. The van der Waals surface area contributed by atoms with Gasteiger partial charge in [0.1, 0.15) is 0 Å². The maximum absolute atomic E-state index is 8.70. The summed E-state index contributed by atoms with van der Waals surface area (Å²) in [7, 11) is 0. The van der Waals surface area contributed by atoms with Crippen molar-refractivity contribution in [1.29, 1.82) is 0 Å². The predicted molar refractivity (Wildman–Crippen MR) is 82.4 cm³/mol. The number of anilines is 1. The predicted octanol–water partition coefficient (Wildman–Crippen LogP) is 1.73. The zero-order valence-electron chi connectivity index (χ0n) is 12.6. The van der Waals surface area contributed by atoms with Crippen molar-refractivity contribution in [3.05, 3.63) is 29.3 Å². The summed E-state index contributed by atoms with van der Waals surface area (Å²) < 4.78 is 5.35. The summed E-state index contributed by atoms with van der Waals surface area (Å²) in [6.45, 7) is 8.51. The van der Waals surface area contributed by atoms with Crippen molar-refractivity contribution in [1.82, 2.24) is 5.32 Å². The van der Waals surface area contributed by atoms with E-state index in [9.17, 15) is 0 Å². The number of rotatable bonds is 8. The minimum absolute atomic E-state index is 0.0995. The van der Waals surface area contributed by atoms with Gasteiger partial charge in [-0.1, -0.05) is 19.1 Å². The van der Waals surface area contributed by atoms with Crippen molar-refractivity contribution in [2.24, 2.45) is 0 Å². The highest BCUT2D eigenvalue weighted by atomic mass is 16.5. The third-order valence-electron chi connectivity index (χ3n) is 3.85. The van der Waals surface area contributed by atoms with E-state index in [1.54, 1.807) is 0 Å². The summed E-state index contributed by atoms with van der Waals surface area (Å²) >= 11 is 0. The molecule has 2 N–H and O–H groups in total. The second-order valence-corrected chi connectivity index (χ2v) is 5.24. The number of hydrogen-bond donors (Lipinski definition) is 2. The second kappa shape index (κ2) is 7.62. The molecule has 1 aliphatic heterocycles. The van der Waals surface area contributed by atoms with E-state index in [0.29, 0.717) is 19.3 Å². The normalized spacial score (nSPS) is 15.4. The molecule has 1 aromatic rings. The number of ether oxygens (including phenoxy) is 1. The van der Waals surface area contributed by atoms with E-state index in [4.69, 9.17) is 9.84 Å². The first-order valence-corrected chi connectivity index (χ1v) is 7.56. The molecule has 1 aliphatic rings. The van der Waals surface area contributed by atoms with Gasteiger partial charge in [0.15, 0.2) is 0 Å². The smallest absolute Gasteiger partial charge is 0.0698 e. The third-order valence-corrected chi connectivity index (χ3v) is 3.85. The van der Waals surface area contributed by atoms with Gasteiger partial charge in [-0.3, -0.25) is 0 Å². The van der Waals surface area contributed by atoms with Gasteiger partial charge >= 0.3 is 0 Å². The van der Waals surface area contributed by atoms with Gasteiger partial charge in [-0.15, -0.1) is 0 Å². The summed E-state index contributed by atoms with van der Waals surface area (Å²) in [5.41, 5.74) is 4.14. The van der Waals surface area contributed by atoms with Crippen LogP contribution in [0, 0.1) is 0 Å². The van der Waals surface area contributed by atoms with Crippen molar-refractivity contribution >= 4 is 5.69 Å². The molecular weight excluding hydrogens is 252 g/mol. The van der Waals surface area contributed by atoms with Gasteiger partial charge in [-0.2, -0.15) is 0 Å². The van der Waals surface area contributed by atoms with E-state index < -0.39 is 0 Å². The molecule has 2 rings (SSSR count). The Balaban J connectivity index is 1.95. The molecule has 1 atom stereocenters. The molecule has 4 nitrogen and oxygen atoms in total. The Morgan fingerprint density at radius 1 is 1.40 bits per heavy atom. The molecule has 0 fully saturated rings. The van der Waals surface area contributed by atoms with Crippen LogP contribution < -0.4 is 10.2 Å². The van der Waals surface area contributed by atoms with Crippen LogP contribution in [0.2, 0.25) is 0 Å². The zero-order valence-corrected chi connectivity index (χ0v) is 12.6. The molecule has 1 unspecified atom stereocenters. The maximum atomic E-state index is 8.70.